The summed E-state index contributed by atoms with van der Waals surface area (Å²) in [6, 6.07) is 59.4. The predicted molar refractivity (Wildman–Crippen MR) is 228 cm³/mol. The second kappa shape index (κ2) is 10.2. The number of nitrogens with zero attached hydrogens (tertiary/aromatic N) is 2. The molecule has 8 aromatic carbocycles. The van der Waals surface area contributed by atoms with Crippen molar-refractivity contribution < 1.29 is 0 Å². The lowest BCUT2D eigenvalue weighted by Crippen LogP contribution is -2.24. The standard InChI is InChI=1S/C52H38N2/c1-51(2)41-22-14-16-31-15-13-21-37(49(31)41)38-29-43-39(30-42(38)51)40-27-32(53-44-23-9-5-17-33(44)34-18-6-10-24-45(34)53)28-48(50(40)52(43,3)4)54-46-25-11-7-19-35(46)36-20-8-12-26-47(36)54/h5-30H,1-4H3. The molecule has 0 fully saturated rings. The Bertz CT molecular complexity index is 3160. The van der Waals surface area contributed by atoms with Gasteiger partial charge < -0.3 is 9.13 Å². The van der Waals surface area contributed by atoms with E-state index in [0.717, 1.165) is 0 Å². The third-order valence-electron chi connectivity index (χ3n) is 13.0. The molecule has 2 heteroatoms. The van der Waals surface area contributed by atoms with Gasteiger partial charge in [0.2, 0.25) is 0 Å². The van der Waals surface area contributed by atoms with Gasteiger partial charge in [-0.1, -0.05) is 137 Å². The lowest BCUT2D eigenvalue weighted by molar-refractivity contribution is 0.638. The van der Waals surface area contributed by atoms with Crippen LogP contribution in [0.25, 0.3) is 88.0 Å². The Labute approximate surface area is 314 Å². The maximum atomic E-state index is 2.57. The van der Waals surface area contributed by atoms with Gasteiger partial charge in [0.15, 0.2) is 0 Å². The van der Waals surface area contributed by atoms with E-state index in [4.69, 9.17) is 0 Å². The van der Waals surface area contributed by atoms with Crippen molar-refractivity contribution in [3.05, 3.63) is 180 Å². The Morgan fingerprint density at radius 1 is 0.370 bits per heavy atom. The topological polar surface area (TPSA) is 9.86 Å². The highest BCUT2D eigenvalue weighted by Gasteiger charge is 2.42. The zero-order valence-electron chi connectivity index (χ0n) is 30.9. The number of benzene rings is 8. The third kappa shape index (κ3) is 3.66. The number of fused-ring (bicyclic) bond motifs is 11. The smallest absolute Gasteiger partial charge is 0.0541 e. The first-order valence-corrected chi connectivity index (χ1v) is 19.2. The van der Waals surface area contributed by atoms with E-state index in [1.165, 1.54) is 110 Å². The molecular formula is C52H38N2. The second-order valence-electron chi connectivity index (χ2n) is 16.5. The van der Waals surface area contributed by atoms with Crippen molar-refractivity contribution >= 4 is 54.4 Å². The van der Waals surface area contributed by atoms with E-state index in [1.807, 2.05) is 0 Å². The van der Waals surface area contributed by atoms with Crippen molar-refractivity contribution in [1.82, 2.24) is 9.13 Å². The summed E-state index contributed by atoms with van der Waals surface area (Å²) in [5, 5.41) is 7.82. The number of rotatable bonds is 2. The first kappa shape index (κ1) is 30.1. The lowest BCUT2D eigenvalue weighted by atomic mass is 9.67. The molecule has 2 aromatic heterocycles. The van der Waals surface area contributed by atoms with Crippen molar-refractivity contribution in [1.29, 1.82) is 0 Å². The summed E-state index contributed by atoms with van der Waals surface area (Å²) in [6.45, 7) is 9.73. The zero-order valence-corrected chi connectivity index (χ0v) is 30.9. The van der Waals surface area contributed by atoms with E-state index in [1.54, 1.807) is 0 Å². The molecule has 0 amide bonds. The summed E-state index contributed by atoms with van der Waals surface area (Å²) in [6.07, 6.45) is 0. The quantitative estimate of drug-likeness (QED) is 0.171. The molecule has 0 saturated carbocycles. The third-order valence-corrected chi connectivity index (χ3v) is 13.0. The largest absolute Gasteiger partial charge is 0.309 e. The fraction of sp³-hybridized carbons (Fsp3) is 0.115. The molecule has 0 unspecified atom stereocenters. The van der Waals surface area contributed by atoms with Crippen molar-refractivity contribution in [3.8, 4) is 33.6 Å². The summed E-state index contributed by atoms with van der Waals surface area (Å²) in [5.74, 6) is 0. The predicted octanol–water partition coefficient (Wildman–Crippen LogP) is 13.6. The first-order valence-electron chi connectivity index (χ1n) is 19.2. The number of hydrogen-bond donors (Lipinski definition) is 0. The van der Waals surface area contributed by atoms with Gasteiger partial charge in [-0.05, 0) is 104 Å². The van der Waals surface area contributed by atoms with Crippen molar-refractivity contribution in [2.75, 3.05) is 0 Å². The Morgan fingerprint density at radius 3 is 1.43 bits per heavy atom. The van der Waals surface area contributed by atoms with E-state index in [-0.39, 0.29) is 10.8 Å². The Hall–Kier alpha value is -6.38. The van der Waals surface area contributed by atoms with Crippen molar-refractivity contribution in [2.24, 2.45) is 0 Å². The van der Waals surface area contributed by atoms with Crippen LogP contribution in [0.5, 0.6) is 0 Å². The van der Waals surface area contributed by atoms with Crippen LogP contribution in [0, 0.1) is 0 Å². The number of para-hydroxylation sites is 4. The minimum Gasteiger partial charge on any atom is -0.309 e. The molecule has 2 heterocycles. The highest BCUT2D eigenvalue weighted by Crippen LogP contribution is 2.57. The van der Waals surface area contributed by atoms with Gasteiger partial charge in [-0.15, -0.1) is 0 Å². The highest BCUT2D eigenvalue weighted by molar-refractivity contribution is 6.11. The van der Waals surface area contributed by atoms with Crippen LogP contribution in [-0.2, 0) is 10.8 Å². The van der Waals surface area contributed by atoms with Crippen LogP contribution in [0.4, 0.5) is 0 Å². The molecule has 54 heavy (non-hydrogen) atoms. The summed E-state index contributed by atoms with van der Waals surface area (Å²) in [5.41, 5.74) is 17.9. The van der Waals surface area contributed by atoms with E-state index in [9.17, 15) is 0 Å². The Balaban J connectivity index is 1.24. The van der Waals surface area contributed by atoms with E-state index in [0.29, 0.717) is 0 Å². The number of hydrogen-bond acceptors (Lipinski definition) is 0. The molecule has 10 aromatic rings. The van der Waals surface area contributed by atoms with Crippen LogP contribution in [0.15, 0.2) is 158 Å². The van der Waals surface area contributed by atoms with E-state index >= 15 is 0 Å². The van der Waals surface area contributed by atoms with Crippen LogP contribution < -0.4 is 0 Å². The van der Waals surface area contributed by atoms with Gasteiger partial charge in [-0.2, -0.15) is 0 Å². The maximum absolute atomic E-state index is 2.57. The van der Waals surface area contributed by atoms with Crippen LogP contribution in [0.2, 0.25) is 0 Å². The molecule has 0 radical (unpaired) electrons. The molecule has 2 nitrogen and oxygen atoms in total. The summed E-state index contributed by atoms with van der Waals surface area (Å²) in [7, 11) is 0. The molecule has 0 spiro atoms. The average Bonchev–Trinajstić information content (AvgIpc) is 3.79. The zero-order chi connectivity index (χ0) is 36.1. The van der Waals surface area contributed by atoms with Gasteiger partial charge in [0.25, 0.3) is 0 Å². The minimum atomic E-state index is -0.268. The Kier molecular flexibility index (Phi) is 5.68. The summed E-state index contributed by atoms with van der Waals surface area (Å²) < 4.78 is 5.04. The fourth-order valence-corrected chi connectivity index (χ4v) is 10.6. The van der Waals surface area contributed by atoms with Crippen LogP contribution >= 0.6 is 0 Å². The van der Waals surface area contributed by atoms with Crippen LogP contribution in [0.3, 0.4) is 0 Å². The SMILES string of the molecule is CC1(C)c2cc3c(cc2-c2cc(-n4c5ccccc5c5ccccc54)cc(-n4c5ccccc5c5ccccc54)c21)C(C)(C)c1cccc2cccc-3c12. The molecule has 0 aliphatic heterocycles. The molecule has 2 aliphatic rings. The van der Waals surface area contributed by atoms with Gasteiger partial charge in [-0.3, -0.25) is 0 Å². The molecule has 0 atom stereocenters. The van der Waals surface area contributed by atoms with Gasteiger partial charge in [0, 0.05) is 38.1 Å². The molecule has 0 N–H and O–H groups in total. The minimum absolute atomic E-state index is 0.161. The van der Waals surface area contributed by atoms with Gasteiger partial charge in [0.05, 0.1) is 27.8 Å². The van der Waals surface area contributed by atoms with E-state index in [2.05, 4.69) is 195 Å². The Morgan fingerprint density at radius 2 is 0.852 bits per heavy atom. The molecule has 0 saturated heterocycles. The van der Waals surface area contributed by atoms with Crippen LogP contribution in [-0.4, -0.2) is 9.13 Å². The molecule has 2 aliphatic carbocycles. The molecule has 0 bridgehead atoms. The number of aromatic nitrogens is 2. The van der Waals surface area contributed by atoms with Crippen molar-refractivity contribution in [3.63, 3.8) is 0 Å². The van der Waals surface area contributed by atoms with E-state index < -0.39 is 0 Å². The molecular weight excluding hydrogens is 653 g/mol. The monoisotopic (exact) mass is 690 g/mol. The second-order valence-corrected chi connectivity index (χ2v) is 16.5. The lowest BCUT2D eigenvalue weighted by Gasteiger charge is -2.36. The summed E-state index contributed by atoms with van der Waals surface area (Å²) >= 11 is 0. The summed E-state index contributed by atoms with van der Waals surface area (Å²) in [4.78, 5) is 0. The molecule has 256 valence electrons. The normalized spacial score (nSPS) is 15.0. The first-order chi connectivity index (χ1) is 26.3. The van der Waals surface area contributed by atoms with Crippen LogP contribution in [0.1, 0.15) is 49.9 Å². The highest BCUT2D eigenvalue weighted by atomic mass is 15.0. The van der Waals surface area contributed by atoms with Gasteiger partial charge in [-0.25, -0.2) is 0 Å². The van der Waals surface area contributed by atoms with Gasteiger partial charge >= 0.3 is 0 Å². The van der Waals surface area contributed by atoms with Crippen molar-refractivity contribution in [2.45, 2.75) is 38.5 Å². The van der Waals surface area contributed by atoms with Gasteiger partial charge in [0.1, 0.15) is 0 Å². The molecule has 12 rings (SSSR count). The maximum Gasteiger partial charge on any atom is 0.0541 e. The fourth-order valence-electron chi connectivity index (χ4n) is 10.6. The average molecular weight is 691 g/mol.